The maximum Gasteiger partial charge on any atom is 0.0635 e. The predicted molar refractivity (Wildman–Crippen MR) is 63.4 cm³/mol. The Kier molecular flexibility index (Phi) is 4.75. The second kappa shape index (κ2) is 5.85. The van der Waals surface area contributed by atoms with E-state index in [0.29, 0.717) is 5.02 Å². The fraction of sp³-hybridized carbons (Fsp3) is 0.364. The number of nitrogens with two attached hydrogens (primary N) is 1. The molecular weight excluding hydrogens is 210 g/mol. The minimum Gasteiger partial charge on any atom is -0.271 e. The lowest BCUT2D eigenvalue weighted by Gasteiger charge is -2.15. The summed E-state index contributed by atoms with van der Waals surface area (Å²) < 4.78 is 0. The summed E-state index contributed by atoms with van der Waals surface area (Å²) in [5, 5.41) is 0.634. The van der Waals surface area contributed by atoms with Crippen LogP contribution in [0.25, 0.3) is 0 Å². The van der Waals surface area contributed by atoms with Crippen LogP contribution in [0.2, 0.25) is 5.02 Å². The van der Waals surface area contributed by atoms with Crippen molar-refractivity contribution in [3.8, 4) is 0 Å². The molecule has 3 nitrogen and oxygen atoms in total. The quantitative estimate of drug-likeness (QED) is 0.460. The lowest BCUT2D eigenvalue weighted by atomic mass is 10.1. The monoisotopic (exact) mass is 225 g/mol. The van der Waals surface area contributed by atoms with E-state index in [1.54, 1.807) is 6.20 Å². The van der Waals surface area contributed by atoms with E-state index in [1.807, 2.05) is 19.1 Å². The van der Waals surface area contributed by atoms with Gasteiger partial charge in [-0.1, -0.05) is 17.2 Å². The van der Waals surface area contributed by atoms with Gasteiger partial charge >= 0.3 is 0 Å². The lowest BCUT2D eigenvalue weighted by molar-refractivity contribution is 0.504. The molecule has 4 heteroatoms. The summed E-state index contributed by atoms with van der Waals surface area (Å²) in [7, 11) is 0. The zero-order valence-corrected chi connectivity index (χ0v) is 9.59. The van der Waals surface area contributed by atoms with Gasteiger partial charge in [0.25, 0.3) is 0 Å². The molecule has 0 aliphatic rings. The van der Waals surface area contributed by atoms with Gasteiger partial charge in [-0.2, -0.15) is 0 Å². The van der Waals surface area contributed by atoms with Crippen LogP contribution >= 0.6 is 11.6 Å². The summed E-state index contributed by atoms with van der Waals surface area (Å²) in [6, 6.07) is 3.75. The Morgan fingerprint density at radius 2 is 2.40 bits per heavy atom. The van der Waals surface area contributed by atoms with E-state index >= 15 is 0 Å². The van der Waals surface area contributed by atoms with Crippen LogP contribution in [0.4, 0.5) is 0 Å². The van der Waals surface area contributed by atoms with Crippen LogP contribution in [0.3, 0.4) is 0 Å². The number of hydrazine groups is 1. The van der Waals surface area contributed by atoms with E-state index in [9.17, 15) is 0 Å². The molecule has 0 aliphatic carbocycles. The molecule has 1 aromatic rings. The van der Waals surface area contributed by atoms with E-state index < -0.39 is 0 Å². The highest BCUT2D eigenvalue weighted by molar-refractivity contribution is 6.30. The molecular formula is C11H16ClN3. The molecule has 0 fully saturated rings. The average Bonchev–Trinajstić information content (AvgIpc) is 2.21. The zero-order valence-electron chi connectivity index (χ0n) is 8.83. The number of halogens is 1. The summed E-state index contributed by atoms with van der Waals surface area (Å²) in [4.78, 5) is 4.22. The van der Waals surface area contributed by atoms with Gasteiger partial charge in [0.2, 0.25) is 0 Å². The van der Waals surface area contributed by atoms with Crippen molar-refractivity contribution in [2.45, 2.75) is 25.8 Å². The Bertz CT molecular complexity index is 321. The molecule has 82 valence electrons. The molecule has 15 heavy (non-hydrogen) atoms. The highest BCUT2D eigenvalue weighted by atomic mass is 35.5. The second-order valence-electron chi connectivity index (χ2n) is 3.62. The average molecular weight is 226 g/mol. The van der Waals surface area contributed by atoms with Gasteiger partial charge in [0.05, 0.1) is 16.8 Å². The largest absolute Gasteiger partial charge is 0.271 e. The van der Waals surface area contributed by atoms with Gasteiger partial charge in [-0.05, 0) is 31.9 Å². The van der Waals surface area contributed by atoms with Crippen molar-refractivity contribution >= 4 is 11.6 Å². The number of hydrogen-bond donors (Lipinski definition) is 2. The van der Waals surface area contributed by atoms with Crippen LogP contribution in [0.1, 0.15) is 31.5 Å². The fourth-order valence-electron chi connectivity index (χ4n) is 1.30. The molecule has 1 unspecified atom stereocenters. The van der Waals surface area contributed by atoms with Crippen LogP contribution in [-0.4, -0.2) is 4.98 Å². The van der Waals surface area contributed by atoms with Crippen molar-refractivity contribution in [1.82, 2.24) is 10.4 Å². The summed E-state index contributed by atoms with van der Waals surface area (Å²) in [5.74, 6) is 5.48. The summed E-state index contributed by atoms with van der Waals surface area (Å²) in [5.41, 5.74) is 4.79. The van der Waals surface area contributed by atoms with Gasteiger partial charge in [-0.3, -0.25) is 16.3 Å². The molecule has 0 aromatic carbocycles. The number of nitrogens with zero attached hydrogens (tertiary/aromatic N) is 1. The Labute approximate surface area is 95.3 Å². The number of rotatable bonds is 5. The first-order valence-electron chi connectivity index (χ1n) is 4.85. The molecule has 1 atom stereocenters. The predicted octanol–water partition coefficient (Wildman–Crippen LogP) is 2.60. The van der Waals surface area contributed by atoms with E-state index in [4.69, 9.17) is 17.4 Å². The number of aromatic nitrogens is 1. The molecule has 0 spiro atoms. The molecule has 0 saturated carbocycles. The summed E-state index contributed by atoms with van der Waals surface area (Å²) in [6.45, 7) is 5.86. The first-order valence-corrected chi connectivity index (χ1v) is 5.23. The Hall–Kier alpha value is -0.900. The van der Waals surface area contributed by atoms with E-state index in [2.05, 4.69) is 17.0 Å². The number of hydrogen-bond acceptors (Lipinski definition) is 3. The van der Waals surface area contributed by atoms with Crippen LogP contribution in [0.5, 0.6) is 0 Å². The number of pyridine rings is 1. The van der Waals surface area contributed by atoms with Crippen molar-refractivity contribution < 1.29 is 0 Å². The maximum absolute atomic E-state index is 5.76. The van der Waals surface area contributed by atoms with Crippen LogP contribution in [0.15, 0.2) is 30.5 Å². The van der Waals surface area contributed by atoms with Crippen LogP contribution in [0, 0.1) is 0 Å². The number of nitrogens with one attached hydrogen (secondary N) is 1. The Balaban J connectivity index is 2.65. The van der Waals surface area contributed by atoms with Gasteiger partial charge in [-0.15, -0.1) is 6.58 Å². The topological polar surface area (TPSA) is 50.9 Å². The van der Waals surface area contributed by atoms with Gasteiger partial charge in [0, 0.05) is 6.20 Å². The van der Waals surface area contributed by atoms with Crippen molar-refractivity contribution in [2.24, 2.45) is 5.84 Å². The van der Waals surface area contributed by atoms with Crippen LogP contribution in [-0.2, 0) is 0 Å². The highest BCUT2D eigenvalue weighted by Gasteiger charge is 2.10. The first-order chi connectivity index (χ1) is 7.13. The third-order valence-electron chi connectivity index (χ3n) is 2.17. The van der Waals surface area contributed by atoms with Gasteiger partial charge < -0.3 is 0 Å². The summed E-state index contributed by atoms with van der Waals surface area (Å²) in [6.07, 6.45) is 3.45. The van der Waals surface area contributed by atoms with Crippen molar-refractivity contribution in [3.63, 3.8) is 0 Å². The van der Waals surface area contributed by atoms with Gasteiger partial charge in [0.1, 0.15) is 0 Å². The second-order valence-corrected chi connectivity index (χ2v) is 4.05. The molecule has 0 aliphatic heterocycles. The molecule has 0 bridgehead atoms. The molecule has 0 saturated heterocycles. The van der Waals surface area contributed by atoms with Crippen molar-refractivity contribution in [2.75, 3.05) is 0 Å². The summed E-state index contributed by atoms with van der Waals surface area (Å²) >= 11 is 5.76. The van der Waals surface area contributed by atoms with E-state index in [-0.39, 0.29) is 6.04 Å². The fourth-order valence-corrected chi connectivity index (χ4v) is 1.41. The maximum atomic E-state index is 5.76. The highest BCUT2D eigenvalue weighted by Crippen LogP contribution is 2.18. The minimum absolute atomic E-state index is 0.0546. The molecule has 0 amide bonds. The molecule has 0 radical (unpaired) electrons. The Morgan fingerprint density at radius 3 is 2.87 bits per heavy atom. The molecule has 1 aromatic heterocycles. The molecule has 1 rings (SSSR count). The standard InChI is InChI=1S/C11H16ClN3/c1-8(2)3-5-11(15-13)10-6-4-9(12)7-14-10/h4,6-7,11,15H,1,3,5,13H2,2H3. The molecule has 1 heterocycles. The lowest BCUT2D eigenvalue weighted by Crippen LogP contribution is -2.28. The third kappa shape index (κ3) is 4.00. The first kappa shape index (κ1) is 12.2. The minimum atomic E-state index is 0.0546. The van der Waals surface area contributed by atoms with Crippen molar-refractivity contribution in [3.05, 3.63) is 41.2 Å². The number of allylic oxidation sites excluding steroid dienone is 1. The van der Waals surface area contributed by atoms with E-state index in [1.165, 1.54) is 0 Å². The SMILES string of the molecule is C=C(C)CCC(NN)c1ccc(Cl)cn1. The third-order valence-corrected chi connectivity index (χ3v) is 2.39. The molecule has 3 N–H and O–H groups in total. The normalized spacial score (nSPS) is 12.5. The van der Waals surface area contributed by atoms with E-state index in [0.717, 1.165) is 24.1 Å². The van der Waals surface area contributed by atoms with Crippen molar-refractivity contribution in [1.29, 1.82) is 0 Å². The van der Waals surface area contributed by atoms with Gasteiger partial charge in [0.15, 0.2) is 0 Å². The smallest absolute Gasteiger partial charge is 0.0635 e. The Morgan fingerprint density at radius 1 is 1.67 bits per heavy atom. The van der Waals surface area contributed by atoms with Crippen LogP contribution < -0.4 is 11.3 Å². The van der Waals surface area contributed by atoms with Gasteiger partial charge in [-0.25, -0.2) is 0 Å². The zero-order chi connectivity index (χ0) is 11.3.